The Kier molecular flexibility index (Phi) is 5.93. The number of hydrogen-bond acceptors (Lipinski definition) is 3. The van der Waals surface area contributed by atoms with Crippen LogP contribution in [-0.4, -0.2) is 50.8 Å². The van der Waals surface area contributed by atoms with Crippen molar-refractivity contribution in [2.24, 2.45) is 11.8 Å². The number of rotatable bonds is 7. The third-order valence-corrected chi connectivity index (χ3v) is 4.58. The van der Waals surface area contributed by atoms with E-state index < -0.39 is 0 Å². The van der Waals surface area contributed by atoms with Crippen molar-refractivity contribution < 1.29 is 4.74 Å². The molecule has 1 aliphatic heterocycles. The fourth-order valence-electron chi connectivity index (χ4n) is 3.33. The molecule has 1 saturated heterocycles. The molecule has 2 fully saturated rings. The maximum absolute atomic E-state index is 5.58. The van der Waals surface area contributed by atoms with Crippen molar-refractivity contribution in [2.75, 3.05) is 39.9 Å². The van der Waals surface area contributed by atoms with Gasteiger partial charge in [-0.3, -0.25) is 0 Å². The van der Waals surface area contributed by atoms with Crippen LogP contribution in [-0.2, 0) is 4.74 Å². The molecule has 0 aromatic heterocycles. The summed E-state index contributed by atoms with van der Waals surface area (Å²) in [6.07, 6.45) is 6.66. The molecule has 3 atom stereocenters. The molecule has 106 valence electrons. The van der Waals surface area contributed by atoms with Gasteiger partial charge in [-0.05, 0) is 64.1 Å². The molecule has 2 aliphatic rings. The average molecular weight is 254 g/mol. The van der Waals surface area contributed by atoms with Gasteiger partial charge in [-0.1, -0.05) is 6.92 Å². The summed E-state index contributed by atoms with van der Waals surface area (Å²) < 4.78 is 5.58. The topological polar surface area (TPSA) is 24.5 Å². The van der Waals surface area contributed by atoms with E-state index in [-0.39, 0.29) is 0 Å². The predicted octanol–water partition coefficient (Wildman–Crippen LogP) is 2.12. The predicted molar refractivity (Wildman–Crippen MR) is 75.8 cm³/mol. The SMILES string of the molecule is CCCNCC1CCC1N(C)CC1CCCOC1. The van der Waals surface area contributed by atoms with Crippen LogP contribution < -0.4 is 5.32 Å². The summed E-state index contributed by atoms with van der Waals surface area (Å²) >= 11 is 0. The Balaban J connectivity index is 1.66. The van der Waals surface area contributed by atoms with E-state index in [0.29, 0.717) is 0 Å². The van der Waals surface area contributed by atoms with Crippen LogP contribution in [0.5, 0.6) is 0 Å². The molecule has 3 nitrogen and oxygen atoms in total. The Labute approximate surface area is 112 Å². The van der Waals surface area contributed by atoms with Gasteiger partial charge >= 0.3 is 0 Å². The monoisotopic (exact) mass is 254 g/mol. The standard InChI is InChI=1S/C15H30N2O/c1-3-8-16-10-14-6-7-15(14)17(2)11-13-5-4-9-18-12-13/h13-16H,3-12H2,1-2H3. The van der Waals surface area contributed by atoms with Crippen LogP contribution in [0.15, 0.2) is 0 Å². The highest BCUT2D eigenvalue weighted by Crippen LogP contribution is 2.31. The molecule has 18 heavy (non-hydrogen) atoms. The fourth-order valence-corrected chi connectivity index (χ4v) is 3.33. The first-order valence-electron chi connectivity index (χ1n) is 7.80. The van der Waals surface area contributed by atoms with Gasteiger partial charge < -0.3 is 15.0 Å². The van der Waals surface area contributed by atoms with Crippen molar-refractivity contribution in [1.82, 2.24) is 10.2 Å². The Morgan fingerprint density at radius 1 is 1.28 bits per heavy atom. The van der Waals surface area contributed by atoms with E-state index >= 15 is 0 Å². The summed E-state index contributed by atoms with van der Waals surface area (Å²) in [6, 6.07) is 0.816. The molecule has 0 aromatic rings. The van der Waals surface area contributed by atoms with Crippen LogP contribution in [0.4, 0.5) is 0 Å². The molecule has 0 amide bonds. The minimum Gasteiger partial charge on any atom is -0.381 e. The van der Waals surface area contributed by atoms with E-state index in [4.69, 9.17) is 4.74 Å². The molecule has 3 unspecified atom stereocenters. The van der Waals surface area contributed by atoms with Gasteiger partial charge in [0, 0.05) is 19.2 Å². The van der Waals surface area contributed by atoms with Crippen molar-refractivity contribution in [3.63, 3.8) is 0 Å². The quantitative estimate of drug-likeness (QED) is 0.704. The lowest BCUT2D eigenvalue weighted by atomic mass is 9.78. The lowest BCUT2D eigenvalue weighted by Gasteiger charge is -2.44. The third-order valence-electron chi connectivity index (χ3n) is 4.58. The smallest absolute Gasteiger partial charge is 0.0506 e. The Morgan fingerprint density at radius 3 is 2.78 bits per heavy atom. The zero-order chi connectivity index (χ0) is 12.8. The lowest BCUT2D eigenvalue weighted by molar-refractivity contribution is 0.0145. The van der Waals surface area contributed by atoms with Gasteiger partial charge in [-0.2, -0.15) is 0 Å². The first kappa shape index (κ1) is 14.3. The van der Waals surface area contributed by atoms with Crippen LogP contribution in [0.2, 0.25) is 0 Å². The molecule has 3 heteroatoms. The molecule has 0 aromatic carbocycles. The summed E-state index contributed by atoms with van der Waals surface area (Å²) in [5.41, 5.74) is 0. The maximum atomic E-state index is 5.58. The molecule has 1 aliphatic carbocycles. The van der Waals surface area contributed by atoms with Crippen molar-refractivity contribution >= 4 is 0 Å². The first-order chi connectivity index (χ1) is 8.81. The number of ether oxygens (including phenoxy) is 1. The minimum atomic E-state index is 0.772. The molecule has 1 N–H and O–H groups in total. The molecular weight excluding hydrogens is 224 g/mol. The van der Waals surface area contributed by atoms with Gasteiger partial charge in [0.2, 0.25) is 0 Å². The van der Waals surface area contributed by atoms with Gasteiger partial charge in [-0.15, -0.1) is 0 Å². The van der Waals surface area contributed by atoms with Crippen molar-refractivity contribution in [3.8, 4) is 0 Å². The van der Waals surface area contributed by atoms with E-state index in [1.807, 2.05) is 0 Å². The summed E-state index contributed by atoms with van der Waals surface area (Å²) in [6.45, 7) is 7.81. The zero-order valence-corrected chi connectivity index (χ0v) is 12.2. The van der Waals surface area contributed by atoms with Gasteiger partial charge in [0.05, 0.1) is 6.61 Å². The van der Waals surface area contributed by atoms with Crippen molar-refractivity contribution in [2.45, 2.75) is 45.1 Å². The van der Waals surface area contributed by atoms with E-state index in [0.717, 1.165) is 31.1 Å². The fraction of sp³-hybridized carbons (Fsp3) is 1.00. The van der Waals surface area contributed by atoms with Gasteiger partial charge in [0.1, 0.15) is 0 Å². The summed E-state index contributed by atoms with van der Waals surface area (Å²) in [7, 11) is 2.31. The highest BCUT2D eigenvalue weighted by atomic mass is 16.5. The molecule has 0 radical (unpaired) electrons. The third kappa shape index (κ3) is 3.94. The zero-order valence-electron chi connectivity index (χ0n) is 12.2. The van der Waals surface area contributed by atoms with Crippen LogP contribution in [0, 0.1) is 11.8 Å². The van der Waals surface area contributed by atoms with Crippen LogP contribution in [0.3, 0.4) is 0 Å². The molecule has 0 spiro atoms. The summed E-state index contributed by atoms with van der Waals surface area (Å²) in [4.78, 5) is 2.60. The number of hydrogen-bond donors (Lipinski definition) is 1. The van der Waals surface area contributed by atoms with Crippen LogP contribution >= 0.6 is 0 Å². The largest absolute Gasteiger partial charge is 0.381 e. The molecule has 2 rings (SSSR count). The average Bonchev–Trinajstić information content (AvgIpc) is 2.34. The molecule has 1 heterocycles. The van der Waals surface area contributed by atoms with Crippen molar-refractivity contribution in [1.29, 1.82) is 0 Å². The number of nitrogens with one attached hydrogen (secondary N) is 1. The second kappa shape index (κ2) is 7.46. The highest BCUT2D eigenvalue weighted by Gasteiger charge is 2.34. The second-order valence-electron chi connectivity index (χ2n) is 6.13. The van der Waals surface area contributed by atoms with Crippen LogP contribution in [0.25, 0.3) is 0 Å². The normalized spacial score (nSPS) is 32.5. The Hall–Kier alpha value is -0.120. The van der Waals surface area contributed by atoms with Crippen LogP contribution in [0.1, 0.15) is 39.0 Å². The summed E-state index contributed by atoms with van der Waals surface area (Å²) in [5, 5.41) is 3.57. The Bertz CT molecular complexity index is 229. The van der Waals surface area contributed by atoms with Gasteiger partial charge in [0.15, 0.2) is 0 Å². The van der Waals surface area contributed by atoms with Gasteiger partial charge in [0.25, 0.3) is 0 Å². The molecule has 1 saturated carbocycles. The second-order valence-corrected chi connectivity index (χ2v) is 6.13. The Morgan fingerprint density at radius 2 is 2.17 bits per heavy atom. The van der Waals surface area contributed by atoms with E-state index in [1.54, 1.807) is 0 Å². The van der Waals surface area contributed by atoms with Crippen molar-refractivity contribution in [3.05, 3.63) is 0 Å². The summed E-state index contributed by atoms with van der Waals surface area (Å²) in [5.74, 6) is 1.65. The van der Waals surface area contributed by atoms with Gasteiger partial charge in [-0.25, -0.2) is 0 Å². The minimum absolute atomic E-state index is 0.772. The van der Waals surface area contributed by atoms with E-state index in [9.17, 15) is 0 Å². The number of nitrogens with zero attached hydrogens (tertiary/aromatic N) is 1. The molecular formula is C15H30N2O. The lowest BCUT2D eigenvalue weighted by Crippen LogP contribution is -2.50. The highest BCUT2D eigenvalue weighted by molar-refractivity contribution is 4.89. The maximum Gasteiger partial charge on any atom is 0.0506 e. The van der Waals surface area contributed by atoms with E-state index in [1.165, 1.54) is 51.7 Å². The van der Waals surface area contributed by atoms with E-state index in [2.05, 4.69) is 24.2 Å². The first-order valence-corrected chi connectivity index (χ1v) is 7.80. The molecule has 0 bridgehead atoms.